The molecule has 1 aliphatic heterocycles. The van der Waals surface area contributed by atoms with Crippen LogP contribution in [0, 0.1) is 11.3 Å². The van der Waals surface area contributed by atoms with Crippen LogP contribution in [0.3, 0.4) is 0 Å². The smallest absolute Gasteiger partial charge is 0.121 e. The van der Waals surface area contributed by atoms with Gasteiger partial charge >= 0.3 is 0 Å². The SMILES string of the molecule is COc1ccc(C#N)c(N2CCNCC23CCCCC3)c1. The van der Waals surface area contributed by atoms with E-state index in [1.165, 1.54) is 32.1 Å². The van der Waals surface area contributed by atoms with Gasteiger partial charge in [-0.2, -0.15) is 5.26 Å². The van der Waals surface area contributed by atoms with Crippen LogP contribution in [0.4, 0.5) is 5.69 Å². The van der Waals surface area contributed by atoms with Gasteiger partial charge in [0.05, 0.1) is 23.9 Å². The molecule has 4 nitrogen and oxygen atoms in total. The summed E-state index contributed by atoms with van der Waals surface area (Å²) in [6.07, 6.45) is 6.32. The maximum absolute atomic E-state index is 9.47. The van der Waals surface area contributed by atoms with Gasteiger partial charge in [0.1, 0.15) is 11.8 Å². The van der Waals surface area contributed by atoms with Crippen LogP contribution < -0.4 is 15.0 Å². The van der Waals surface area contributed by atoms with Crippen LogP contribution in [0.25, 0.3) is 0 Å². The molecule has 1 N–H and O–H groups in total. The molecule has 0 bridgehead atoms. The van der Waals surface area contributed by atoms with Crippen molar-refractivity contribution in [3.8, 4) is 11.8 Å². The van der Waals surface area contributed by atoms with E-state index in [9.17, 15) is 5.26 Å². The van der Waals surface area contributed by atoms with E-state index < -0.39 is 0 Å². The molecular formula is C17H23N3O. The van der Waals surface area contributed by atoms with Gasteiger partial charge in [-0.05, 0) is 25.0 Å². The Balaban J connectivity index is 2.02. The fraction of sp³-hybridized carbons (Fsp3) is 0.588. The molecule has 0 radical (unpaired) electrons. The first-order valence-electron chi connectivity index (χ1n) is 7.86. The molecule has 4 heteroatoms. The van der Waals surface area contributed by atoms with Crippen molar-refractivity contribution in [2.75, 3.05) is 31.6 Å². The van der Waals surface area contributed by atoms with Crippen LogP contribution in [0.15, 0.2) is 18.2 Å². The third-order valence-electron chi connectivity index (χ3n) is 4.94. The molecule has 1 aromatic rings. The van der Waals surface area contributed by atoms with E-state index in [0.717, 1.165) is 36.6 Å². The highest BCUT2D eigenvalue weighted by Gasteiger charge is 2.40. The number of anilines is 1. The predicted molar refractivity (Wildman–Crippen MR) is 83.7 cm³/mol. The van der Waals surface area contributed by atoms with Gasteiger partial charge in [-0.15, -0.1) is 0 Å². The Morgan fingerprint density at radius 1 is 1.29 bits per heavy atom. The quantitative estimate of drug-likeness (QED) is 0.907. The van der Waals surface area contributed by atoms with Gasteiger partial charge in [-0.3, -0.25) is 0 Å². The average Bonchev–Trinajstić information content (AvgIpc) is 2.55. The van der Waals surface area contributed by atoms with E-state index in [0.29, 0.717) is 0 Å². The molecule has 1 heterocycles. The van der Waals surface area contributed by atoms with Crippen molar-refractivity contribution >= 4 is 5.69 Å². The zero-order valence-corrected chi connectivity index (χ0v) is 12.7. The fourth-order valence-corrected chi connectivity index (χ4v) is 3.83. The van der Waals surface area contributed by atoms with Crippen molar-refractivity contribution in [3.63, 3.8) is 0 Å². The minimum atomic E-state index is 0.175. The van der Waals surface area contributed by atoms with Crippen LogP contribution in [0.2, 0.25) is 0 Å². The summed E-state index contributed by atoms with van der Waals surface area (Å²) in [4.78, 5) is 2.48. The highest BCUT2D eigenvalue weighted by molar-refractivity contribution is 5.64. The molecule has 0 amide bonds. The Hall–Kier alpha value is -1.73. The van der Waals surface area contributed by atoms with Crippen molar-refractivity contribution in [3.05, 3.63) is 23.8 Å². The summed E-state index contributed by atoms with van der Waals surface area (Å²) in [6.45, 7) is 2.96. The van der Waals surface area contributed by atoms with E-state index in [-0.39, 0.29) is 5.54 Å². The highest BCUT2D eigenvalue weighted by Crippen LogP contribution is 2.39. The average molecular weight is 285 g/mol. The molecule has 1 saturated carbocycles. The number of methoxy groups -OCH3 is 1. The zero-order valence-electron chi connectivity index (χ0n) is 12.7. The molecule has 0 unspecified atom stereocenters. The van der Waals surface area contributed by atoms with Crippen molar-refractivity contribution in [1.82, 2.24) is 5.32 Å². The van der Waals surface area contributed by atoms with E-state index in [2.05, 4.69) is 16.3 Å². The van der Waals surface area contributed by atoms with Gasteiger partial charge in [0.15, 0.2) is 0 Å². The van der Waals surface area contributed by atoms with Gasteiger partial charge < -0.3 is 15.0 Å². The van der Waals surface area contributed by atoms with Crippen molar-refractivity contribution in [1.29, 1.82) is 5.26 Å². The predicted octanol–water partition coefficient (Wildman–Crippen LogP) is 2.68. The Labute approximate surface area is 126 Å². The second-order valence-corrected chi connectivity index (χ2v) is 6.11. The van der Waals surface area contributed by atoms with Crippen LogP contribution in [-0.4, -0.2) is 32.3 Å². The Bertz CT molecular complexity index is 535. The maximum Gasteiger partial charge on any atom is 0.121 e. The molecule has 1 saturated heterocycles. The normalized spacial score (nSPS) is 21.0. The monoisotopic (exact) mass is 285 g/mol. The molecule has 0 aromatic heterocycles. The minimum absolute atomic E-state index is 0.175. The lowest BCUT2D eigenvalue weighted by Crippen LogP contribution is -2.62. The van der Waals surface area contributed by atoms with E-state index in [1.807, 2.05) is 18.2 Å². The molecule has 2 fully saturated rings. The summed E-state index contributed by atoms with van der Waals surface area (Å²) in [5.74, 6) is 0.827. The number of nitrogens with zero attached hydrogens (tertiary/aromatic N) is 2. The van der Waals surface area contributed by atoms with Crippen molar-refractivity contribution < 1.29 is 4.74 Å². The van der Waals surface area contributed by atoms with Crippen molar-refractivity contribution in [2.24, 2.45) is 0 Å². The van der Waals surface area contributed by atoms with Gasteiger partial charge in [-0.1, -0.05) is 19.3 Å². The van der Waals surface area contributed by atoms with Gasteiger partial charge in [0, 0.05) is 25.7 Å². The number of hydrogen-bond donors (Lipinski definition) is 1. The molecule has 0 atom stereocenters. The number of piperazine rings is 1. The minimum Gasteiger partial charge on any atom is -0.497 e. The topological polar surface area (TPSA) is 48.3 Å². The third kappa shape index (κ3) is 2.58. The second-order valence-electron chi connectivity index (χ2n) is 6.11. The molecule has 21 heavy (non-hydrogen) atoms. The first-order chi connectivity index (χ1) is 10.3. The second kappa shape index (κ2) is 5.95. The summed E-state index contributed by atoms with van der Waals surface area (Å²) in [6, 6.07) is 8.13. The van der Waals surface area contributed by atoms with E-state index in [1.54, 1.807) is 7.11 Å². The maximum atomic E-state index is 9.47. The van der Waals surface area contributed by atoms with Crippen molar-refractivity contribution in [2.45, 2.75) is 37.6 Å². The molecule has 1 spiro atoms. The summed E-state index contributed by atoms with van der Waals surface area (Å²) < 4.78 is 5.37. The number of rotatable bonds is 2. The molecule has 2 aliphatic rings. The fourth-order valence-electron chi connectivity index (χ4n) is 3.83. The Kier molecular flexibility index (Phi) is 4.03. The number of ether oxygens (including phenoxy) is 1. The molecule has 1 aromatic carbocycles. The van der Waals surface area contributed by atoms with Crippen LogP contribution >= 0.6 is 0 Å². The van der Waals surface area contributed by atoms with E-state index in [4.69, 9.17) is 4.74 Å². The number of benzene rings is 1. The molecule has 1 aliphatic carbocycles. The van der Waals surface area contributed by atoms with E-state index >= 15 is 0 Å². The molecule has 3 rings (SSSR count). The Morgan fingerprint density at radius 2 is 2.10 bits per heavy atom. The zero-order chi connectivity index (χ0) is 14.7. The lowest BCUT2D eigenvalue weighted by molar-refractivity contribution is 0.241. The number of nitrogens with one attached hydrogen (secondary N) is 1. The summed E-state index contributed by atoms with van der Waals surface area (Å²) >= 11 is 0. The van der Waals surface area contributed by atoms with Crippen LogP contribution in [0.1, 0.15) is 37.7 Å². The van der Waals surface area contributed by atoms with Gasteiger partial charge in [0.25, 0.3) is 0 Å². The summed E-state index contributed by atoms with van der Waals surface area (Å²) in [5.41, 5.74) is 1.97. The third-order valence-corrected chi connectivity index (χ3v) is 4.94. The highest BCUT2D eigenvalue weighted by atomic mass is 16.5. The standard InChI is InChI=1S/C17H23N3O/c1-21-15-6-5-14(12-18)16(11-15)20-10-9-19-13-17(20)7-3-2-4-8-17/h5-6,11,19H,2-4,7-10,13H2,1H3. The lowest BCUT2D eigenvalue weighted by Gasteiger charge is -2.51. The lowest BCUT2D eigenvalue weighted by atomic mass is 9.78. The largest absolute Gasteiger partial charge is 0.497 e. The van der Waals surface area contributed by atoms with Gasteiger partial charge in [-0.25, -0.2) is 0 Å². The number of hydrogen-bond acceptors (Lipinski definition) is 4. The number of nitriles is 1. The van der Waals surface area contributed by atoms with Crippen LogP contribution in [-0.2, 0) is 0 Å². The molecular weight excluding hydrogens is 262 g/mol. The van der Waals surface area contributed by atoms with Gasteiger partial charge in [0.2, 0.25) is 0 Å². The first kappa shape index (κ1) is 14.2. The van der Waals surface area contributed by atoms with Crippen LogP contribution in [0.5, 0.6) is 5.75 Å². The summed E-state index contributed by atoms with van der Waals surface area (Å²) in [7, 11) is 1.68. The molecule has 112 valence electrons. The first-order valence-corrected chi connectivity index (χ1v) is 7.86. The summed E-state index contributed by atoms with van der Waals surface area (Å²) in [5, 5.41) is 13.0. The Morgan fingerprint density at radius 3 is 2.81 bits per heavy atom.